The van der Waals surface area contributed by atoms with Crippen molar-refractivity contribution in [2.24, 2.45) is 7.05 Å². The highest BCUT2D eigenvalue weighted by Gasteiger charge is 2.21. The first-order valence-corrected chi connectivity index (χ1v) is 10.2. The number of benzene rings is 2. The molecule has 0 aliphatic heterocycles. The van der Waals surface area contributed by atoms with E-state index >= 15 is 0 Å². The zero-order chi connectivity index (χ0) is 22.0. The summed E-state index contributed by atoms with van der Waals surface area (Å²) in [5.74, 6) is 0.435. The lowest BCUT2D eigenvalue weighted by Crippen LogP contribution is -2.40. The minimum atomic E-state index is -0.594. The Balaban J connectivity index is 1.91. The van der Waals surface area contributed by atoms with Crippen molar-refractivity contribution in [3.8, 4) is 0 Å². The van der Waals surface area contributed by atoms with Crippen LogP contribution in [0.5, 0.6) is 0 Å². The molecule has 2 aromatic carbocycles. The summed E-state index contributed by atoms with van der Waals surface area (Å²) >= 11 is 0. The third kappa shape index (κ3) is 4.15. The Bertz CT molecular complexity index is 1300. The standard InChI is InChI=1S/C23H25N5O3/c1-16(29)13-24-22-25-20-19(27(22)14-17-9-5-3-6-10-17)21(30)28(23(31)26(20)2)15-18-11-7-4-8-12-18/h3-12,16,29H,13-15H2,1-2H3,(H,24,25). The van der Waals surface area contributed by atoms with Crippen LogP contribution < -0.4 is 16.6 Å². The van der Waals surface area contributed by atoms with Gasteiger partial charge in [-0.1, -0.05) is 60.7 Å². The fraction of sp³-hybridized carbons (Fsp3) is 0.261. The van der Waals surface area contributed by atoms with Gasteiger partial charge in [0.2, 0.25) is 5.95 Å². The molecule has 8 heteroatoms. The SMILES string of the molecule is CC(O)CNc1nc2c(c(=O)n(Cc3ccccc3)c(=O)n2C)n1Cc1ccccc1. The quantitative estimate of drug-likeness (QED) is 0.476. The number of rotatable bonds is 7. The van der Waals surface area contributed by atoms with E-state index in [0.29, 0.717) is 23.7 Å². The number of anilines is 1. The van der Waals surface area contributed by atoms with Gasteiger partial charge in [-0.25, -0.2) is 4.79 Å². The molecule has 0 amide bonds. The monoisotopic (exact) mass is 419 g/mol. The third-order valence-electron chi connectivity index (χ3n) is 5.16. The molecule has 4 aromatic rings. The normalized spacial score (nSPS) is 12.2. The smallest absolute Gasteiger partial charge is 0.332 e. The second kappa shape index (κ2) is 8.61. The molecule has 0 fully saturated rings. The van der Waals surface area contributed by atoms with Crippen LogP contribution in [0.15, 0.2) is 70.3 Å². The number of imidazole rings is 1. The maximum Gasteiger partial charge on any atom is 0.332 e. The van der Waals surface area contributed by atoms with Gasteiger partial charge in [0.15, 0.2) is 11.2 Å². The van der Waals surface area contributed by atoms with Crippen molar-refractivity contribution in [1.82, 2.24) is 18.7 Å². The average molecular weight is 419 g/mol. The minimum absolute atomic E-state index is 0.176. The lowest BCUT2D eigenvalue weighted by atomic mass is 10.2. The first-order valence-electron chi connectivity index (χ1n) is 10.2. The Morgan fingerprint density at radius 2 is 1.48 bits per heavy atom. The van der Waals surface area contributed by atoms with E-state index in [4.69, 9.17) is 0 Å². The van der Waals surface area contributed by atoms with E-state index < -0.39 is 17.4 Å². The highest BCUT2D eigenvalue weighted by atomic mass is 16.3. The second-order valence-electron chi connectivity index (χ2n) is 7.63. The molecule has 8 nitrogen and oxygen atoms in total. The molecule has 0 saturated carbocycles. The molecule has 2 aromatic heterocycles. The largest absolute Gasteiger partial charge is 0.392 e. The highest BCUT2D eigenvalue weighted by Crippen LogP contribution is 2.18. The summed E-state index contributed by atoms with van der Waals surface area (Å²) in [5, 5.41) is 12.8. The number of hydrogen-bond donors (Lipinski definition) is 2. The van der Waals surface area contributed by atoms with Crippen LogP contribution in [0.2, 0.25) is 0 Å². The average Bonchev–Trinajstić information content (AvgIpc) is 3.13. The molecular weight excluding hydrogens is 394 g/mol. The van der Waals surface area contributed by atoms with Gasteiger partial charge in [-0.3, -0.25) is 18.5 Å². The summed E-state index contributed by atoms with van der Waals surface area (Å²) in [4.78, 5) is 31.0. The van der Waals surface area contributed by atoms with Gasteiger partial charge >= 0.3 is 5.69 Å². The van der Waals surface area contributed by atoms with Crippen LogP contribution in [0.25, 0.3) is 11.2 Å². The number of hydrogen-bond acceptors (Lipinski definition) is 5. The molecule has 2 heterocycles. The number of aryl methyl sites for hydroxylation is 1. The van der Waals surface area contributed by atoms with Crippen molar-refractivity contribution in [1.29, 1.82) is 0 Å². The molecule has 0 aliphatic rings. The molecule has 0 aliphatic carbocycles. The Kier molecular flexibility index (Phi) is 5.73. The van der Waals surface area contributed by atoms with Crippen LogP contribution in [0.3, 0.4) is 0 Å². The molecule has 2 N–H and O–H groups in total. The van der Waals surface area contributed by atoms with E-state index in [1.54, 1.807) is 18.5 Å². The summed E-state index contributed by atoms with van der Waals surface area (Å²) in [7, 11) is 1.61. The van der Waals surface area contributed by atoms with Crippen molar-refractivity contribution >= 4 is 17.1 Å². The lowest BCUT2D eigenvalue weighted by molar-refractivity contribution is 0.208. The van der Waals surface area contributed by atoms with Gasteiger partial charge in [0.25, 0.3) is 5.56 Å². The number of aliphatic hydroxyl groups excluding tert-OH is 1. The summed E-state index contributed by atoms with van der Waals surface area (Å²) in [6, 6.07) is 19.1. The minimum Gasteiger partial charge on any atom is -0.392 e. The first-order chi connectivity index (χ1) is 15.0. The second-order valence-corrected chi connectivity index (χ2v) is 7.63. The van der Waals surface area contributed by atoms with Crippen molar-refractivity contribution < 1.29 is 5.11 Å². The number of aromatic nitrogens is 4. The van der Waals surface area contributed by atoms with E-state index in [0.717, 1.165) is 11.1 Å². The summed E-state index contributed by atoms with van der Waals surface area (Å²) in [5.41, 5.74) is 1.69. The van der Waals surface area contributed by atoms with Crippen molar-refractivity contribution in [3.05, 3.63) is 92.6 Å². The van der Waals surface area contributed by atoms with Gasteiger partial charge in [-0.15, -0.1) is 0 Å². The predicted octanol–water partition coefficient (Wildman–Crippen LogP) is 1.79. The van der Waals surface area contributed by atoms with Crippen LogP contribution >= 0.6 is 0 Å². The maximum atomic E-state index is 13.5. The third-order valence-corrected chi connectivity index (χ3v) is 5.16. The lowest BCUT2D eigenvalue weighted by Gasteiger charge is -2.13. The van der Waals surface area contributed by atoms with Crippen LogP contribution in [0.4, 0.5) is 5.95 Å². The maximum absolute atomic E-state index is 13.5. The molecule has 0 radical (unpaired) electrons. The number of nitrogens with zero attached hydrogens (tertiary/aromatic N) is 4. The number of nitrogens with one attached hydrogen (secondary N) is 1. The topological polar surface area (TPSA) is 94.1 Å². The predicted molar refractivity (Wildman–Crippen MR) is 120 cm³/mol. The Morgan fingerprint density at radius 1 is 0.935 bits per heavy atom. The number of fused-ring (bicyclic) bond motifs is 1. The van der Waals surface area contributed by atoms with Gasteiger partial charge in [-0.2, -0.15) is 4.98 Å². The van der Waals surface area contributed by atoms with Gasteiger partial charge in [-0.05, 0) is 18.1 Å². The van der Waals surface area contributed by atoms with Crippen LogP contribution in [0, 0.1) is 0 Å². The van der Waals surface area contributed by atoms with Crippen molar-refractivity contribution in [3.63, 3.8) is 0 Å². The molecule has 1 unspecified atom stereocenters. The van der Waals surface area contributed by atoms with Gasteiger partial charge < -0.3 is 10.4 Å². The van der Waals surface area contributed by atoms with Gasteiger partial charge in [0, 0.05) is 13.6 Å². The van der Waals surface area contributed by atoms with Gasteiger partial charge in [0.05, 0.1) is 19.2 Å². The van der Waals surface area contributed by atoms with Crippen molar-refractivity contribution in [2.75, 3.05) is 11.9 Å². The van der Waals surface area contributed by atoms with E-state index in [2.05, 4.69) is 10.3 Å². The van der Waals surface area contributed by atoms with E-state index in [1.807, 2.05) is 60.7 Å². The van der Waals surface area contributed by atoms with Crippen LogP contribution in [-0.2, 0) is 20.1 Å². The fourth-order valence-corrected chi connectivity index (χ4v) is 3.57. The molecule has 0 saturated heterocycles. The molecule has 0 bridgehead atoms. The van der Waals surface area contributed by atoms with Crippen molar-refractivity contribution in [2.45, 2.75) is 26.1 Å². The summed E-state index contributed by atoms with van der Waals surface area (Å²) in [6.45, 7) is 2.51. The van der Waals surface area contributed by atoms with Crippen LogP contribution in [0.1, 0.15) is 18.1 Å². The molecular formula is C23H25N5O3. The van der Waals surface area contributed by atoms with Crippen LogP contribution in [-0.4, -0.2) is 36.4 Å². The van der Waals surface area contributed by atoms with E-state index in [9.17, 15) is 14.7 Å². The molecule has 4 rings (SSSR count). The van der Waals surface area contributed by atoms with Gasteiger partial charge in [0.1, 0.15) is 0 Å². The Morgan fingerprint density at radius 3 is 2.03 bits per heavy atom. The highest BCUT2D eigenvalue weighted by molar-refractivity contribution is 5.74. The van der Waals surface area contributed by atoms with E-state index in [-0.39, 0.29) is 13.1 Å². The number of aliphatic hydroxyl groups is 1. The summed E-state index contributed by atoms with van der Waals surface area (Å²) < 4.78 is 4.41. The molecule has 0 spiro atoms. The fourth-order valence-electron chi connectivity index (χ4n) is 3.57. The van der Waals surface area contributed by atoms with E-state index in [1.165, 1.54) is 9.13 Å². The Hall–Kier alpha value is -3.65. The zero-order valence-corrected chi connectivity index (χ0v) is 17.5. The summed E-state index contributed by atoms with van der Waals surface area (Å²) in [6.07, 6.45) is -0.594. The first kappa shape index (κ1) is 20.6. The zero-order valence-electron chi connectivity index (χ0n) is 17.5. The molecule has 160 valence electrons. The Labute approximate surface area is 179 Å². The molecule has 1 atom stereocenters. The molecule has 31 heavy (non-hydrogen) atoms.